The van der Waals surface area contributed by atoms with Crippen LogP contribution in [0.25, 0.3) is 0 Å². The maximum atomic E-state index is 11.0. The fourth-order valence-electron chi connectivity index (χ4n) is 0.969. The lowest BCUT2D eigenvalue weighted by molar-refractivity contribution is -0.120. The molecule has 0 saturated carbocycles. The van der Waals surface area contributed by atoms with E-state index in [0.29, 0.717) is 5.69 Å². The number of rotatable bonds is 4. The molecule has 80 valence electrons. The van der Waals surface area contributed by atoms with Gasteiger partial charge < -0.3 is 10.4 Å². The quantitative estimate of drug-likeness (QED) is 0.617. The van der Waals surface area contributed by atoms with Crippen LogP contribution in [-0.4, -0.2) is 23.6 Å². The van der Waals surface area contributed by atoms with E-state index >= 15 is 0 Å². The molecule has 0 atom stereocenters. The van der Waals surface area contributed by atoms with E-state index in [-0.39, 0.29) is 12.2 Å². The molecule has 1 aromatic carbocycles. The van der Waals surface area contributed by atoms with Gasteiger partial charge in [-0.1, -0.05) is 0 Å². The van der Waals surface area contributed by atoms with E-state index < -0.39 is 11.9 Å². The molecule has 0 unspecified atom stereocenters. The van der Waals surface area contributed by atoms with Crippen LogP contribution < -0.4 is 11.2 Å². The van der Waals surface area contributed by atoms with E-state index in [1.807, 2.05) is 0 Å². The zero-order valence-corrected chi connectivity index (χ0v) is 7.77. The Balaban J connectivity index is 2.64. The summed E-state index contributed by atoms with van der Waals surface area (Å²) in [6.07, 6.45) is 0. The van der Waals surface area contributed by atoms with Crippen LogP contribution in [-0.2, 0) is 9.63 Å². The predicted molar refractivity (Wildman–Crippen MR) is 52.2 cm³/mol. The maximum Gasteiger partial charge on any atom is 0.335 e. The van der Waals surface area contributed by atoms with Crippen LogP contribution in [0.3, 0.4) is 0 Å². The van der Waals surface area contributed by atoms with Crippen LogP contribution in [0, 0.1) is 0 Å². The Morgan fingerprint density at radius 2 is 1.93 bits per heavy atom. The highest BCUT2D eigenvalue weighted by atomic mass is 16.6. The van der Waals surface area contributed by atoms with Gasteiger partial charge >= 0.3 is 5.97 Å². The van der Waals surface area contributed by atoms with Crippen molar-refractivity contribution in [2.45, 2.75) is 0 Å². The summed E-state index contributed by atoms with van der Waals surface area (Å²) in [7, 11) is 0. The molecular formula is C9H10N2O4. The van der Waals surface area contributed by atoms with Crippen molar-refractivity contribution < 1.29 is 19.5 Å². The standard InChI is InChI=1S/C9H10N2O4/c10-15-5-8(12)11-7-3-1-6(2-4-7)9(13)14/h1-4H,5,10H2,(H,11,12)(H,13,14). The number of hydrogen-bond donors (Lipinski definition) is 3. The second kappa shape index (κ2) is 5.08. The monoisotopic (exact) mass is 210 g/mol. The van der Waals surface area contributed by atoms with Crippen LogP contribution in [0.4, 0.5) is 5.69 Å². The van der Waals surface area contributed by atoms with Crippen LogP contribution in [0.1, 0.15) is 10.4 Å². The van der Waals surface area contributed by atoms with Gasteiger partial charge in [-0.05, 0) is 24.3 Å². The lowest BCUT2D eigenvalue weighted by Gasteiger charge is -2.03. The summed E-state index contributed by atoms with van der Waals surface area (Å²) in [4.78, 5) is 25.6. The first-order valence-corrected chi connectivity index (χ1v) is 4.08. The average molecular weight is 210 g/mol. The molecule has 0 radical (unpaired) electrons. The first kappa shape index (κ1) is 11.2. The Bertz CT molecular complexity index is 361. The minimum atomic E-state index is -1.02. The van der Waals surface area contributed by atoms with Gasteiger partial charge in [0.05, 0.1) is 5.56 Å². The van der Waals surface area contributed by atoms with Crippen molar-refractivity contribution in [2.24, 2.45) is 5.90 Å². The second-order valence-electron chi connectivity index (χ2n) is 2.74. The molecule has 1 rings (SSSR count). The third-order valence-corrected chi connectivity index (χ3v) is 1.63. The van der Waals surface area contributed by atoms with Crippen molar-refractivity contribution in [1.29, 1.82) is 0 Å². The topological polar surface area (TPSA) is 102 Å². The Morgan fingerprint density at radius 3 is 2.40 bits per heavy atom. The molecule has 0 aromatic heterocycles. The number of hydrogen-bond acceptors (Lipinski definition) is 4. The molecule has 0 spiro atoms. The SMILES string of the molecule is NOCC(=O)Nc1ccc(C(=O)O)cc1. The van der Waals surface area contributed by atoms with Crippen LogP contribution >= 0.6 is 0 Å². The molecule has 0 saturated heterocycles. The highest BCUT2D eigenvalue weighted by molar-refractivity contribution is 5.93. The molecule has 0 heterocycles. The zero-order chi connectivity index (χ0) is 11.3. The largest absolute Gasteiger partial charge is 0.478 e. The normalized spacial score (nSPS) is 9.67. The van der Waals surface area contributed by atoms with E-state index in [4.69, 9.17) is 11.0 Å². The fraction of sp³-hybridized carbons (Fsp3) is 0.111. The zero-order valence-electron chi connectivity index (χ0n) is 7.77. The van der Waals surface area contributed by atoms with E-state index in [1.54, 1.807) is 0 Å². The lowest BCUT2D eigenvalue weighted by atomic mass is 10.2. The number of carboxylic acid groups (broad SMARTS) is 1. The summed E-state index contributed by atoms with van der Waals surface area (Å²) < 4.78 is 0. The molecule has 0 aliphatic carbocycles. The number of benzene rings is 1. The first-order chi connectivity index (χ1) is 7.13. The van der Waals surface area contributed by atoms with E-state index in [2.05, 4.69) is 10.2 Å². The van der Waals surface area contributed by atoms with Crippen molar-refractivity contribution in [3.05, 3.63) is 29.8 Å². The van der Waals surface area contributed by atoms with E-state index in [9.17, 15) is 9.59 Å². The number of nitrogens with one attached hydrogen (secondary N) is 1. The molecule has 6 heteroatoms. The minimum absolute atomic E-state index is 0.156. The molecule has 1 amide bonds. The average Bonchev–Trinajstić information content (AvgIpc) is 2.18. The first-order valence-electron chi connectivity index (χ1n) is 4.08. The smallest absolute Gasteiger partial charge is 0.335 e. The van der Waals surface area contributed by atoms with Gasteiger partial charge in [0.1, 0.15) is 6.61 Å². The lowest BCUT2D eigenvalue weighted by Crippen LogP contribution is -2.20. The van der Waals surface area contributed by atoms with Gasteiger partial charge in [-0.3, -0.25) is 9.63 Å². The molecule has 0 bridgehead atoms. The highest BCUT2D eigenvalue weighted by Gasteiger charge is 2.04. The van der Waals surface area contributed by atoms with Gasteiger partial charge in [-0.15, -0.1) is 0 Å². The Kier molecular flexibility index (Phi) is 3.78. The maximum absolute atomic E-state index is 11.0. The molecule has 0 fully saturated rings. The molecule has 0 aliphatic rings. The molecule has 4 N–H and O–H groups in total. The number of carboxylic acids is 1. The molecule has 6 nitrogen and oxygen atoms in total. The van der Waals surface area contributed by atoms with E-state index in [1.165, 1.54) is 24.3 Å². The van der Waals surface area contributed by atoms with Gasteiger partial charge in [-0.2, -0.15) is 0 Å². The minimum Gasteiger partial charge on any atom is -0.478 e. The Labute approximate surface area is 85.6 Å². The Hall–Kier alpha value is -1.92. The highest BCUT2D eigenvalue weighted by Crippen LogP contribution is 2.09. The van der Waals surface area contributed by atoms with Crippen molar-refractivity contribution in [3.63, 3.8) is 0 Å². The van der Waals surface area contributed by atoms with Gasteiger partial charge in [0, 0.05) is 5.69 Å². The van der Waals surface area contributed by atoms with Crippen molar-refractivity contribution in [2.75, 3.05) is 11.9 Å². The molecule has 1 aromatic rings. The van der Waals surface area contributed by atoms with Gasteiger partial charge in [0.15, 0.2) is 0 Å². The number of carbonyl (C=O) groups is 2. The summed E-state index contributed by atoms with van der Waals surface area (Å²) in [6, 6.07) is 5.75. The summed E-state index contributed by atoms with van der Waals surface area (Å²) in [5, 5.41) is 11.1. The summed E-state index contributed by atoms with van der Waals surface area (Å²) in [5.74, 6) is 3.29. The number of amides is 1. The fourth-order valence-corrected chi connectivity index (χ4v) is 0.969. The summed E-state index contributed by atoms with van der Waals surface area (Å²) >= 11 is 0. The molecule has 0 aliphatic heterocycles. The van der Waals surface area contributed by atoms with Gasteiger partial charge in [0.2, 0.25) is 0 Å². The number of nitrogens with two attached hydrogens (primary N) is 1. The Morgan fingerprint density at radius 1 is 1.33 bits per heavy atom. The number of anilines is 1. The molecule has 15 heavy (non-hydrogen) atoms. The summed E-state index contributed by atoms with van der Waals surface area (Å²) in [5.41, 5.74) is 0.644. The van der Waals surface area contributed by atoms with Crippen molar-refractivity contribution >= 4 is 17.6 Å². The van der Waals surface area contributed by atoms with Crippen LogP contribution in [0.2, 0.25) is 0 Å². The van der Waals surface area contributed by atoms with Crippen molar-refractivity contribution in [1.82, 2.24) is 0 Å². The summed E-state index contributed by atoms with van der Waals surface area (Å²) in [6.45, 7) is -0.249. The second-order valence-corrected chi connectivity index (χ2v) is 2.74. The van der Waals surface area contributed by atoms with Gasteiger partial charge in [-0.25, -0.2) is 10.7 Å². The van der Waals surface area contributed by atoms with E-state index in [0.717, 1.165) is 0 Å². The third kappa shape index (κ3) is 3.37. The third-order valence-electron chi connectivity index (χ3n) is 1.63. The number of carbonyl (C=O) groups excluding carboxylic acids is 1. The number of aromatic carboxylic acids is 1. The predicted octanol–water partition coefficient (Wildman–Crippen LogP) is 0.214. The molecular weight excluding hydrogens is 200 g/mol. The van der Waals surface area contributed by atoms with Gasteiger partial charge in [0.25, 0.3) is 5.91 Å². The van der Waals surface area contributed by atoms with Crippen LogP contribution in [0.15, 0.2) is 24.3 Å². The van der Waals surface area contributed by atoms with Crippen LogP contribution in [0.5, 0.6) is 0 Å². The van der Waals surface area contributed by atoms with Crippen molar-refractivity contribution in [3.8, 4) is 0 Å².